The number of hydrogen-bond acceptors (Lipinski definition) is 3. The second-order valence-electron chi connectivity index (χ2n) is 5.59. The molecule has 0 fully saturated rings. The summed E-state index contributed by atoms with van der Waals surface area (Å²) in [6.45, 7) is 8.66. The number of nitrogens with two attached hydrogens (primary N) is 1. The normalized spacial score (nSPS) is 12.8. The molecule has 0 radical (unpaired) electrons. The van der Waals surface area contributed by atoms with E-state index in [0.717, 1.165) is 17.8 Å². The van der Waals surface area contributed by atoms with Gasteiger partial charge in [-0.3, -0.25) is 9.48 Å². The Hall–Kier alpha value is -1.36. The van der Waals surface area contributed by atoms with Crippen LogP contribution in [-0.2, 0) is 7.05 Å². The highest BCUT2D eigenvalue weighted by molar-refractivity contribution is 5.96. The van der Waals surface area contributed by atoms with Crippen LogP contribution in [-0.4, -0.2) is 40.2 Å². The summed E-state index contributed by atoms with van der Waals surface area (Å²) in [6.07, 6.45) is 0.818. The third-order valence-corrected chi connectivity index (χ3v) is 3.72. The predicted molar refractivity (Wildman–Crippen MR) is 77.1 cm³/mol. The van der Waals surface area contributed by atoms with E-state index in [2.05, 4.69) is 18.9 Å². The lowest BCUT2D eigenvalue weighted by Gasteiger charge is -2.21. The number of carbonyl (C=O) groups excluding carboxylic acids is 1. The molecule has 0 spiro atoms. The fourth-order valence-corrected chi connectivity index (χ4v) is 2.05. The second kappa shape index (κ2) is 6.19. The van der Waals surface area contributed by atoms with E-state index < -0.39 is 0 Å². The topological polar surface area (TPSA) is 64.2 Å². The van der Waals surface area contributed by atoms with Crippen molar-refractivity contribution in [2.24, 2.45) is 18.7 Å². The SMILES string of the molecule is Cc1nn(C)c(C)c1C(=O)N(C)CCC(N)C(C)C. The molecule has 0 saturated heterocycles. The quantitative estimate of drug-likeness (QED) is 0.878. The molecule has 0 aliphatic rings. The molecule has 5 heteroatoms. The molecule has 0 aliphatic carbocycles. The molecule has 0 bridgehead atoms. The summed E-state index contributed by atoms with van der Waals surface area (Å²) in [7, 11) is 3.68. The fraction of sp³-hybridized carbons (Fsp3) is 0.714. The van der Waals surface area contributed by atoms with Crippen LogP contribution in [0.3, 0.4) is 0 Å². The van der Waals surface area contributed by atoms with Gasteiger partial charge in [-0.15, -0.1) is 0 Å². The van der Waals surface area contributed by atoms with E-state index in [1.807, 2.05) is 27.9 Å². The lowest BCUT2D eigenvalue weighted by atomic mass is 10.0. The molecule has 5 nitrogen and oxygen atoms in total. The molecule has 1 heterocycles. The predicted octanol–water partition coefficient (Wildman–Crippen LogP) is 1.48. The average molecular weight is 266 g/mol. The van der Waals surface area contributed by atoms with Gasteiger partial charge in [-0.2, -0.15) is 5.10 Å². The first-order valence-electron chi connectivity index (χ1n) is 6.77. The van der Waals surface area contributed by atoms with Gasteiger partial charge in [0.2, 0.25) is 0 Å². The van der Waals surface area contributed by atoms with Crippen molar-refractivity contribution in [3.63, 3.8) is 0 Å². The van der Waals surface area contributed by atoms with Gasteiger partial charge >= 0.3 is 0 Å². The van der Waals surface area contributed by atoms with Gasteiger partial charge in [-0.05, 0) is 26.2 Å². The van der Waals surface area contributed by atoms with Gasteiger partial charge in [0.15, 0.2) is 0 Å². The van der Waals surface area contributed by atoms with E-state index in [1.54, 1.807) is 9.58 Å². The maximum absolute atomic E-state index is 12.4. The number of hydrogen-bond donors (Lipinski definition) is 1. The summed E-state index contributed by atoms with van der Waals surface area (Å²) in [5, 5.41) is 4.28. The third kappa shape index (κ3) is 3.56. The molecule has 0 saturated carbocycles. The highest BCUT2D eigenvalue weighted by Gasteiger charge is 2.21. The molecule has 2 N–H and O–H groups in total. The zero-order valence-corrected chi connectivity index (χ0v) is 12.9. The molecule has 1 aromatic heterocycles. The highest BCUT2D eigenvalue weighted by atomic mass is 16.2. The molecular formula is C14H26N4O. The first-order valence-corrected chi connectivity index (χ1v) is 6.77. The van der Waals surface area contributed by atoms with E-state index >= 15 is 0 Å². The average Bonchev–Trinajstić information content (AvgIpc) is 2.58. The van der Waals surface area contributed by atoms with E-state index in [-0.39, 0.29) is 11.9 Å². The molecule has 1 atom stereocenters. The van der Waals surface area contributed by atoms with Crippen molar-refractivity contribution in [3.05, 3.63) is 17.0 Å². The van der Waals surface area contributed by atoms with Crippen LogP contribution in [0.4, 0.5) is 0 Å². The molecule has 1 aromatic rings. The van der Waals surface area contributed by atoms with Gasteiger partial charge in [-0.25, -0.2) is 0 Å². The van der Waals surface area contributed by atoms with Crippen LogP contribution in [0, 0.1) is 19.8 Å². The first kappa shape index (κ1) is 15.7. The first-order chi connectivity index (χ1) is 8.75. The maximum atomic E-state index is 12.4. The second-order valence-corrected chi connectivity index (χ2v) is 5.59. The molecule has 1 rings (SSSR count). The summed E-state index contributed by atoms with van der Waals surface area (Å²) in [5.74, 6) is 0.462. The zero-order chi connectivity index (χ0) is 14.7. The minimum absolute atomic E-state index is 0.0269. The Kier molecular flexibility index (Phi) is 5.11. The molecule has 108 valence electrons. The summed E-state index contributed by atoms with van der Waals surface area (Å²) < 4.78 is 1.75. The number of aryl methyl sites for hydroxylation is 2. The van der Waals surface area contributed by atoms with E-state index in [1.165, 1.54) is 0 Å². The molecule has 1 unspecified atom stereocenters. The highest BCUT2D eigenvalue weighted by Crippen LogP contribution is 2.14. The summed E-state index contributed by atoms with van der Waals surface area (Å²) in [4.78, 5) is 14.1. The molecule has 0 aromatic carbocycles. The largest absolute Gasteiger partial charge is 0.342 e. The summed E-state index contributed by atoms with van der Waals surface area (Å²) in [5.41, 5.74) is 8.41. The van der Waals surface area contributed by atoms with Crippen LogP contribution in [0.15, 0.2) is 0 Å². The number of rotatable bonds is 5. The number of amides is 1. The fourth-order valence-electron chi connectivity index (χ4n) is 2.05. The Bertz CT molecular complexity index is 451. The van der Waals surface area contributed by atoms with Crippen molar-refractivity contribution < 1.29 is 4.79 Å². The summed E-state index contributed by atoms with van der Waals surface area (Å²) in [6, 6.07) is 0.131. The van der Waals surface area contributed by atoms with Crippen LogP contribution < -0.4 is 5.73 Å². The van der Waals surface area contributed by atoms with Crippen molar-refractivity contribution in [1.82, 2.24) is 14.7 Å². The zero-order valence-electron chi connectivity index (χ0n) is 12.9. The number of carbonyl (C=O) groups is 1. The van der Waals surface area contributed by atoms with Crippen LogP contribution in [0.5, 0.6) is 0 Å². The Morgan fingerprint density at radius 2 is 2.00 bits per heavy atom. The van der Waals surface area contributed by atoms with Gasteiger partial charge in [0.25, 0.3) is 5.91 Å². The standard InChI is InChI=1S/C14H26N4O/c1-9(2)12(15)7-8-17(5)14(19)13-10(3)16-18(6)11(13)4/h9,12H,7-8,15H2,1-6H3. The molecular weight excluding hydrogens is 240 g/mol. The number of nitrogens with zero attached hydrogens (tertiary/aromatic N) is 3. The van der Waals surface area contributed by atoms with Crippen LogP contribution in [0.2, 0.25) is 0 Å². The van der Waals surface area contributed by atoms with Crippen molar-refractivity contribution >= 4 is 5.91 Å². The van der Waals surface area contributed by atoms with Crippen molar-refractivity contribution in [1.29, 1.82) is 0 Å². The van der Waals surface area contributed by atoms with Crippen molar-refractivity contribution in [2.45, 2.75) is 40.2 Å². The van der Waals surface area contributed by atoms with Gasteiger partial charge in [0.05, 0.1) is 11.3 Å². The van der Waals surface area contributed by atoms with E-state index in [9.17, 15) is 4.79 Å². The van der Waals surface area contributed by atoms with Gasteiger partial charge < -0.3 is 10.6 Å². The third-order valence-electron chi connectivity index (χ3n) is 3.72. The molecule has 0 aliphatic heterocycles. The lowest BCUT2D eigenvalue weighted by Crippen LogP contribution is -2.35. The van der Waals surface area contributed by atoms with E-state index in [4.69, 9.17) is 5.73 Å². The van der Waals surface area contributed by atoms with Gasteiger partial charge in [0, 0.05) is 32.4 Å². The van der Waals surface area contributed by atoms with Crippen molar-refractivity contribution in [3.8, 4) is 0 Å². The Morgan fingerprint density at radius 1 is 1.42 bits per heavy atom. The van der Waals surface area contributed by atoms with Crippen LogP contribution in [0.25, 0.3) is 0 Å². The molecule has 1 amide bonds. The Balaban J connectivity index is 2.72. The smallest absolute Gasteiger partial charge is 0.257 e. The van der Waals surface area contributed by atoms with E-state index in [0.29, 0.717) is 18.0 Å². The Morgan fingerprint density at radius 3 is 2.42 bits per heavy atom. The lowest BCUT2D eigenvalue weighted by molar-refractivity contribution is 0.0787. The summed E-state index contributed by atoms with van der Waals surface area (Å²) >= 11 is 0. The van der Waals surface area contributed by atoms with Gasteiger partial charge in [-0.1, -0.05) is 13.8 Å². The van der Waals surface area contributed by atoms with Crippen LogP contribution in [0.1, 0.15) is 42.0 Å². The van der Waals surface area contributed by atoms with Crippen LogP contribution >= 0.6 is 0 Å². The monoisotopic (exact) mass is 266 g/mol. The Labute approximate surface area is 115 Å². The minimum atomic E-state index is 0.0269. The van der Waals surface area contributed by atoms with Gasteiger partial charge in [0.1, 0.15) is 0 Å². The molecule has 19 heavy (non-hydrogen) atoms. The maximum Gasteiger partial charge on any atom is 0.257 e. The van der Waals surface area contributed by atoms with Crippen molar-refractivity contribution in [2.75, 3.05) is 13.6 Å². The minimum Gasteiger partial charge on any atom is -0.342 e. The number of aromatic nitrogens is 2.